The van der Waals surface area contributed by atoms with E-state index in [1.165, 1.54) is 32.1 Å². The smallest absolute Gasteiger partial charge is 0.244 e. The molecule has 1 saturated heterocycles. The van der Waals surface area contributed by atoms with Gasteiger partial charge in [0.15, 0.2) is 0 Å². The summed E-state index contributed by atoms with van der Waals surface area (Å²) in [6.07, 6.45) is 7.36. The summed E-state index contributed by atoms with van der Waals surface area (Å²) in [4.78, 5) is 14.9. The lowest BCUT2D eigenvalue weighted by molar-refractivity contribution is -0.136. The first-order valence-corrected chi connectivity index (χ1v) is 7.64. The molecule has 2 rings (SSSR count). The van der Waals surface area contributed by atoms with Gasteiger partial charge >= 0.3 is 0 Å². The van der Waals surface area contributed by atoms with Crippen LogP contribution < -0.4 is 5.32 Å². The Labute approximate surface area is 111 Å². The van der Waals surface area contributed by atoms with Crippen LogP contribution >= 0.6 is 0 Å². The second kappa shape index (κ2) is 5.20. The van der Waals surface area contributed by atoms with Gasteiger partial charge in [0.25, 0.3) is 0 Å². The summed E-state index contributed by atoms with van der Waals surface area (Å²) in [6.45, 7) is 8.55. The minimum Gasteiger partial charge on any atom is -0.323 e. The van der Waals surface area contributed by atoms with Crippen LogP contribution in [0.2, 0.25) is 0 Å². The van der Waals surface area contributed by atoms with Gasteiger partial charge in [-0.25, -0.2) is 0 Å². The third-order valence-corrected chi connectivity index (χ3v) is 5.11. The zero-order valence-corrected chi connectivity index (χ0v) is 12.3. The van der Waals surface area contributed by atoms with Crippen molar-refractivity contribution in [2.45, 2.75) is 84.0 Å². The molecule has 0 aromatic carbocycles. The topological polar surface area (TPSA) is 32.3 Å². The molecule has 1 aliphatic heterocycles. The second-order valence-electron chi connectivity index (χ2n) is 6.24. The van der Waals surface area contributed by atoms with Gasteiger partial charge in [0, 0.05) is 6.04 Å². The van der Waals surface area contributed by atoms with Crippen molar-refractivity contribution in [2.75, 3.05) is 0 Å². The Morgan fingerprint density at radius 3 is 2.56 bits per heavy atom. The van der Waals surface area contributed by atoms with Crippen LogP contribution in [0.3, 0.4) is 0 Å². The number of hydrogen-bond acceptors (Lipinski definition) is 2. The highest BCUT2D eigenvalue weighted by atomic mass is 16.2. The fourth-order valence-electron chi connectivity index (χ4n) is 3.77. The maximum absolute atomic E-state index is 12.7. The lowest BCUT2D eigenvalue weighted by atomic mass is 9.81. The molecule has 0 aromatic heterocycles. The first kappa shape index (κ1) is 13.9. The zero-order chi connectivity index (χ0) is 13.3. The van der Waals surface area contributed by atoms with Gasteiger partial charge in [-0.2, -0.15) is 0 Å². The Morgan fingerprint density at radius 2 is 2.00 bits per heavy atom. The van der Waals surface area contributed by atoms with E-state index in [-0.39, 0.29) is 11.7 Å². The summed E-state index contributed by atoms with van der Waals surface area (Å²) in [5, 5.41) is 3.50. The highest BCUT2D eigenvalue weighted by Crippen LogP contribution is 2.35. The molecule has 0 aromatic rings. The van der Waals surface area contributed by atoms with Crippen LogP contribution in [0.5, 0.6) is 0 Å². The number of nitrogens with one attached hydrogen (secondary N) is 1. The van der Waals surface area contributed by atoms with Gasteiger partial charge in [-0.1, -0.05) is 33.1 Å². The molecule has 3 heteroatoms. The van der Waals surface area contributed by atoms with Crippen LogP contribution in [0, 0.1) is 5.92 Å². The van der Waals surface area contributed by atoms with Gasteiger partial charge in [-0.05, 0) is 39.0 Å². The third-order valence-electron chi connectivity index (χ3n) is 5.11. The van der Waals surface area contributed by atoms with Gasteiger partial charge < -0.3 is 4.90 Å². The second-order valence-corrected chi connectivity index (χ2v) is 6.24. The molecule has 1 heterocycles. The Kier molecular flexibility index (Phi) is 4.00. The number of nitrogens with zero attached hydrogens (tertiary/aromatic N) is 1. The highest BCUT2D eigenvalue weighted by molar-refractivity contribution is 5.88. The number of hydrogen-bond donors (Lipinski definition) is 1. The van der Waals surface area contributed by atoms with E-state index in [4.69, 9.17) is 0 Å². The predicted molar refractivity (Wildman–Crippen MR) is 74.2 cm³/mol. The van der Waals surface area contributed by atoms with Crippen molar-refractivity contribution in [1.29, 1.82) is 0 Å². The molecule has 0 radical (unpaired) electrons. The quantitative estimate of drug-likeness (QED) is 0.837. The maximum Gasteiger partial charge on any atom is 0.244 e. The standard InChI is InChI=1S/C15H28N2O/c1-5-12-9-7-8-10-13(12)17-11(3)16-15(4,6-2)14(17)18/h11-13,16H,5-10H2,1-4H3. The summed E-state index contributed by atoms with van der Waals surface area (Å²) in [5.41, 5.74) is -0.338. The lowest BCUT2D eigenvalue weighted by Crippen LogP contribution is -2.48. The van der Waals surface area contributed by atoms with E-state index in [1.54, 1.807) is 0 Å². The molecule has 4 atom stereocenters. The molecule has 1 amide bonds. The van der Waals surface area contributed by atoms with Crippen molar-refractivity contribution in [3.05, 3.63) is 0 Å². The molecule has 1 aliphatic carbocycles. The van der Waals surface area contributed by atoms with E-state index in [0.717, 1.165) is 6.42 Å². The fourth-order valence-corrected chi connectivity index (χ4v) is 3.77. The zero-order valence-electron chi connectivity index (χ0n) is 12.3. The van der Waals surface area contributed by atoms with E-state index in [1.807, 2.05) is 0 Å². The van der Waals surface area contributed by atoms with Crippen molar-refractivity contribution in [3.63, 3.8) is 0 Å². The van der Waals surface area contributed by atoms with Crippen LogP contribution in [0.4, 0.5) is 0 Å². The Bertz CT molecular complexity index is 318. The van der Waals surface area contributed by atoms with E-state index >= 15 is 0 Å². The van der Waals surface area contributed by atoms with Gasteiger partial charge in [-0.15, -0.1) is 0 Å². The number of rotatable bonds is 3. The molecule has 1 saturated carbocycles. The van der Waals surface area contributed by atoms with Gasteiger partial charge in [0.2, 0.25) is 5.91 Å². The highest BCUT2D eigenvalue weighted by Gasteiger charge is 2.48. The van der Waals surface area contributed by atoms with Crippen LogP contribution in [-0.2, 0) is 4.79 Å². The Balaban J connectivity index is 2.19. The molecular formula is C15H28N2O. The molecule has 4 unspecified atom stereocenters. The SMILES string of the molecule is CCC1CCCCC1N1C(=O)C(C)(CC)NC1C. The van der Waals surface area contributed by atoms with Crippen LogP contribution in [0.1, 0.15) is 66.2 Å². The van der Waals surface area contributed by atoms with Crippen molar-refractivity contribution in [2.24, 2.45) is 5.92 Å². The van der Waals surface area contributed by atoms with E-state index in [0.29, 0.717) is 17.9 Å². The summed E-state index contributed by atoms with van der Waals surface area (Å²) in [6, 6.07) is 0.465. The number of carbonyl (C=O) groups is 1. The summed E-state index contributed by atoms with van der Waals surface area (Å²) in [5.74, 6) is 1.02. The summed E-state index contributed by atoms with van der Waals surface area (Å²) < 4.78 is 0. The van der Waals surface area contributed by atoms with Crippen molar-refractivity contribution in [1.82, 2.24) is 10.2 Å². The minimum absolute atomic E-state index is 0.194. The molecule has 0 spiro atoms. The molecular weight excluding hydrogens is 224 g/mol. The molecule has 104 valence electrons. The van der Waals surface area contributed by atoms with E-state index in [2.05, 4.69) is 37.9 Å². The van der Waals surface area contributed by atoms with Crippen molar-refractivity contribution >= 4 is 5.91 Å². The number of amides is 1. The molecule has 2 fully saturated rings. The number of carbonyl (C=O) groups excluding carboxylic acids is 1. The van der Waals surface area contributed by atoms with E-state index < -0.39 is 0 Å². The van der Waals surface area contributed by atoms with Crippen molar-refractivity contribution < 1.29 is 4.79 Å². The largest absolute Gasteiger partial charge is 0.323 e. The van der Waals surface area contributed by atoms with Crippen LogP contribution in [0.15, 0.2) is 0 Å². The van der Waals surface area contributed by atoms with Gasteiger partial charge in [0.1, 0.15) is 0 Å². The van der Waals surface area contributed by atoms with Crippen molar-refractivity contribution in [3.8, 4) is 0 Å². The first-order valence-electron chi connectivity index (χ1n) is 7.64. The average molecular weight is 252 g/mol. The van der Waals surface area contributed by atoms with Crippen LogP contribution in [0.25, 0.3) is 0 Å². The van der Waals surface area contributed by atoms with Gasteiger partial charge in [-0.3, -0.25) is 10.1 Å². The van der Waals surface area contributed by atoms with Gasteiger partial charge in [0.05, 0.1) is 11.7 Å². The monoisotopic (exact) mass is 252 g/mol. The molecule has 3 nitrogen and oxygen atoms in total. The minimum atomic E-state index is -0.338. The normalized spacial score (nSPS) is 41.4. The van der Waals surface area contributed by atoms with E-state index in [9.17, 15) is 4.79 Å². The predicted octanol–water partition coefficient (Wildman–Crippen LogP) is 2.90. The summed E-state index contributed by atoms with van der Waals surface area (Å²) in [7, 11) is 0. The first-order chi connectivity index (χ1) is 8.53. The summed E-state index contributed by atoms with van der Waals surface area (Å²) >= 11 is 0. The molecule has 1 N–H and O–H groups in total. The third kappa shape index (κ3) is 2.18. The average Bonchev–Trinajstić information content (AvgIpc) is 2.61. The lowest BCUT2D eigenvalue weighted by Gasteiger charge is -2.39. The Hall–Kier alpha value is -0.570. The molecule has 0 bridgehead atoms. The maximum atomic E-state index is 12.7. The Morgan fingerprint density at radius 1 is 1.33 bits per heavy atom. The fraction of sp³-hybridized carbons (Fsp3) is 0.933. The van der Waals surface area contributed by atoms with Crippen LogP contribution in [-0.4, -0.2) is 28.6 Å². The molecule has 18 heavy (non-hydrogen) atoms. The molecule has 2 aliphatic rings.